The smallest absolute Gasteiger partial charge is 0.0219 e. The van der Waals surface area contributed by atoms with Crippen LogP contribution in [0, 0.1) is 5.92 Å². The van der Waals surface area contributed by atoms with E-state index >= 15 is 0 Å². The first-order valence-electron chi connectivity index (χ1n) is 4.71. The molecule has 0 bridgehead atoms. The molecule has 68 valence electrons. The van der Waals surface area contributed by atoms with Crippen LogP contribution in [0.25, 0.3) is 0 Å². The summed E-state index contributed by atoms with van der Waals surface area (Å²) in [5.41, 5.74) is 1.40. The van der Waals surface area contributed by atoms with E-state index in [1.165, 1.54) is 5.57 Å². The lowest BCUT2D eigenvalue weighted by Gasteiger charge is -2.04. The highest BCUT2D eigenvalue weighted by molar-refractivity contribution is 5.25. The minimum absolute atomic E-state index is 0.615. The molecule has 0 aromatic rings. The molecule has 0 N–H and O–H groups in total. The molecule has 0 aromatic carbocycles. The third kappa shape index (κ3) is 4.95. The highest BCUT2D eigenvalue weighted by atomic mass is 14.0. The Bertz CT molecular complexity index is 180. The second-order valence-electron chi connectivity index (χ2n) is 3.16. The van der Waals surface area contributed by atoms with E-state index in [2.05, 4.69) is 51.2 Å². The normalized spacial score (nSPS) is 13.9. The zero-order valence-corrected chi connectivity index (χ0v) is 8.67. The Labute approximate surface area is 76.7 Å². The predicted molar refractivity (Wildman–Crippen MR) is 57.2 cm³/mol. The first-order valence-corrected chi connectivity index (χ1v) is 4.71. The first-order chi connectivity index (χ1) is 5.72. The van der Waals surface area contributed by atoms with Gasteiger partial charge in [0.05, 0.1) is 0 Å². The highest BCUT2D eigenvalue weighted by Gasteiger charge is 1.95. The molecule has 0 aliphatic rings. The number of hydrogen-bond donors (Lipinski definition) is 0. The average molecular weight is 164 g/mol. The van der Waals surface area contributed by atoms with Crippen molar-refractivity contribution in [2.75, 3.05) is 0 Å². The zero-order valence-electron chi connectivity index (χ0n) is 8.67. The van der Waals surface area contributed by atoms with Crippen LogP contribution in [-0.4, -0.2) is 0 Å². The Balaban J connectivity index is 4.32. The maximum atomic E-state index is 2.22. The summed E-state index contributed by atoms with van der Waals surface area (Å²) >= 11 is 0. The van der Waals surface area contributed by atoms with Crippen molar-refractivity contribution in [2.45, 2.75) is 34.1 Å². The molecule has 0 heterocycles. The molecular formula is C12H20. The summed E-state index contributed by atoms with van der Waals surface area (Å²) in [4.78, 5) is 0. The van der Waals surface area contributed by atoms with Crippen LogP contribution in [0.1, 0.15) is 34.1 Å². The predicted octanol–water partition coefficient (Wildman–Crippen LogP) is 4.11. The van der Waals surface area contributed by atoms with Crippen LogP contribution in [0.15, 0.2) is 36.0 Å². The molecule has 12 heavy (non-hydrogen) atoms. The van der Waals surface area contributed by atoms with Crippen molar-refractivity contribution < 1.29 is 0 Å². The van der Waals surface area contributed by atoms with Crippen LogP contribution in [0.5, 0.6) is 0 Å². The van der Waals surface area contributed by atoms with E-state index in [9.17, 15) is 0 Å². The standard InChI is InChI=1S/C12H20/c1-5-7-9-12(11(3)4)10-8-6-2/h5,7-11H,6H2,1-4H3/b7-5-,10-8-,12-9+. The van der Waals surface area contributed by atoms with Crippen LogP contribution < -0.4 is 0 Å². The van der Waals surface area contributed by atoms with Gasteiger partial charge in [-0.25, -0.2) is 0 Å². The minimum atomic E-state index is 0.615. The Morgan fingerprint density at radius 2 is 2.00 bits per heavy atom. The van der Waals surface area contributed by atoms with E-state index in [1.54, 1.807) is 0 Å². The van der Waals surface area contributed by atoms with Crippen molar-refractivity contribution >= 4 is 0 Å². The molecule has 0 atom stereocenters. The van der Waals surface area contributed by atoms with E-state index in [1.807, 2.05) is 6.92 Å². The van der Waals surface area contributed by atoms with Crippen LogP contribution in [0.2, 0.25) is 0 Å². The van der Waals surface area contributed by atoms with Gasteiger partial charge in [-0.05, 0) is 24.8 Å². The molecule has 0 saturated heterocycles. The van der Waals surface area contributed by atoms with E-state index in [0.717, 1.165) is 6.42 Å². The molecule has 0 rings (SSSR count). The minimum Gasteiger partial charge on any atom is -0.0877 e. The zero-order chi connectivity index (χ0) is 9.40. The van der Waals surface area contributed by atoms with Gasteiger partial charge in [0.2, 0.25) is 0 Å². The topological polar surface area (TPSA) is 0 Å². The molecule has 0 unspecified atom stereocenters. The van der Waals surface area contributed by atoms with Crippen LogP contribution in [0.4, 0.5) is 0 Å². The Morgan fingerprint density at radius 3 is 2.42 bits per heavy atom. The van der Waals surface area contributed by atoms with Gasteiger partial charge >= 0.3 is 0 Å². The second-order valence-corrected chi connectivity index (χ2v) is 3.16. The van der Waals surface area contributed by atoms with Gasteiger partial charge in [0, 0.05) is 0 Å². The highest BCUT2D eigenvalue weighted by Crippen LogP contribution is 2.11. The first kappa shape index (κ1) is 11.2. The van der Waals surface area contributed by atoms with Crippen LogP contribution in [0.3, 0.4) is 0 Å². The number of allylic oxidation sites excluding steroid dienone is 6. The van der Waals surface area contributed by atoms with Gasteiger partial charge in [0.15, 0.2) is 0 Å². The fraction of sp³-hybridized carbons (Fsp3) is 0.500. The molecule has 0 aliphatic heterocycles. The van der Waals surface area contributed by atoms with Crippen molar-refractivity contribution in [3.8, 4) is 0 Å². The quantitative estimate of drug-likeness (QED) is 0.548. The molecule has 0 nitrogen and oxygen atoms in total. The molecule has 0 heteroatoms. The summed E-state index contributed by atoms with van der Waals surface area (Å²) in [6, 6.07) is 0. The van der Waals surface area contributed by atoms with E-state index in [0.29, 0.717) is 5.92 Å². The molecule has 0 radical (unpaired) electrons. The molecular weight excluding hydrogens is 144 g/mol. The lowest BCUT2D eigenvalue weighted by Crippen LogP contribution is -1.89. The van der Waals surface area contributed by atoms with Crippen LogP contribution in [-0.2, 0) is 0 Å². The molecule has 0 amide bonds. The SMILES string of the molecule is C\C=C/C=C(\C=C/CC)C(C)C. The van der Waals surface area contributed by atoms with Crippen LogP contribution >= 0.6 is 0 Å². The van der Waals surface area contributed by atoms with Crippen molar-refractivity contribution in [1.82, 2.24) is 0 Å². The molecule has 0 aliphatic carbocycles. The van der Waals surface area contributed by atoms with Gasteiger partial charge in [0.25, 0.3) is 0 Å². The van der Waals surface area contributed by atoms with E-state index in [-0.39, 0.29) is 0 Å². The Kier molecular flexibility index (Phi) is 6.45. The van der Waals surface area contributed by atoms with E-state index < -0.39 is 0 Å². The molecule has 0 fully saturated rings. The van der Waals surface area contributed by atoms with Crippen molar-refractivity contribution in [1.29, 1.82) is 0 Å². The maximum Gasteiger partial charge on any atom is -0.0219 e. The molecule has 0 aromatic heterocycles. The average Bonchev–Trinajstić information content (AvgIpc) is 2.04. The Morgan fingerprint density at radius 1 is 1.33 bits per heavy atom. The second kappa shape index (κ2) is 6.90. The van der Waals surface area contributed by atoms with Gasteiger partial charge in [-0.15, -0.1) is 0 Å². The van der Waals surface area contributed by atoms with Gasteiger partial charge in [-0.1, -0.05) is 51.2 Å². The fourth-order valence-corrected chi connectivity index (χ4v) is 0.902. The van der Waals surface area contributed by atoms with Gasteiger partial charge in [-0.3, -0.25) is 0 Å². The summed E-state index contributed by atoms with van der Waals surface area (Å²) in [6.45, 7) is 8.63. The summed E-state index contributed by atoms with van der Waals surface area (Å²) in [7, 11) is 0. The summed E-state index contributed by atoms with van der Waals surface area (Å²) < 4.78 is 0. The molecule has 0 spiro atoms. The lowest BCUT2D eigenvalue weighted by atomic mass is 10.0. The Hall–Kier alpha value is -0.780. The van der Waals surface area contributed by atoms with Crippen molar-refractivity contribution in [3.05, 3.63) is 36.0 Å². The van der Waals surface area contributed by atoms with Crippen molar-refractivity contribution in [2.24, 2.45) is 5.92 Å². The molecule has 0 saturated carbocycles. The maximum absolute atomic E-state index is 2.22. The summed E-state index contributed by atoms with van der Waals surface area (Å²) in [5, 5.41) is 0. The largest absolute Gasteiger partial charge is 0.0877 e. The van der Waals surface area contributed by atoms with Crippen molar-refractivity contribution in [3.63, 3.8) is 0 Å². The monoisotopic (exact) mass is 164 g/mol. The van der Waals surface area contributed by atoms with E-state index in [4.69, 9.17) is 0 Å². The number of hydrogen-bond acceptors (Lipinski definition) is 0. The number of rotatable bonds is 4. The van der Waals surface area contributed by atoms with Gasteiger partial charge in [-0.2, -0.15) is 0 Å². The van der Waals surface area contributed by atoms with Gasteiger partial charge < -0.3 is 0 Å². The fourth-order valence-electron chi connectivity index (χ4n) is 0.902. The summed E-state index contributed by atoms with van der Waals surface area (Å²) in [5.74, 6) is 0.615. The lowest BCUT2D eigenvalue weighted by molar-refractivity contribution is 0.791. The third-order valence-electron chi connectivity index (χ3n) is 1.69. The summed E-state index contributed by atoms with van der Waals surface area (Å²) in [6.07, 6.45) is 11.9. The van der Waals surface area contributed by atoms with Gasteiger partial charge in [0.1, 0.15) is 0 Å². The third-order valence-corrected chi connectivity index (χ3v) is 1.69.